The fourth-order valence-electron chi connectivity index (χ4n) is 2.07. The predicted octanol–water partition coefficient (Wildman–Crippen LogP) is 3.80. The summed E-state index contributed by atoms with van der Waals surface area (Å²) in [5.74, 6) is 2.43. The minimum atomic E-state index is -0.138. The number of thioether (sulfide) groups is 1. The SMILES string of the molecule is Cc1cc(C(=O)NCCCSCc2ccc(Cl)cc2)nc(C)n1. The molecule has 0 saturated heterocycles. The zero-order valence-electron chi connectivity index (χ0n) is 13.3. The third-order valence-corrected chi connectivity index (χ3v) is 4.50. The fourth-order valence-corrected chi connectivity index (χ4v) is 3.12. The van der Waals surface area contributed by atoms with E-state index in [1.54, 1.807) is 13.0 Å². The molecule has 1 aromatic carbocycles. The van der Waals surface area contributed by atoms with E-state index in [0.29, 0.717) is 18.1 Å². The van der Waals surface area contributed by atoms with Crippen molar-refractivity contribution in [2.75, 3.05) is 12.3 Å². The quantitative estimate of drug-likeness (QED) is 0.772. The Morgan fingerprint density at radius 2 is 1.96 bits per heavy atom. The maximum absolute atomic E-state index is 12.0. The molecule has 0 unspecified atom stereocenters. The van der Waals surface area contributed by atoms with E-state index in [2.05, 4.69) is 15.3 Å². The average Bonchev–Trinajstić information content (AvgIpc) is 2.51. The topological polar surface area (TPSA) is 54.9 Å². The number of nitrogens with one attached hydrogen (secondary N) is 1. The van der Waals surface area contributed by atoms with E-state index in [0.717, 1.165) is 28.6 Å². The molecule has 0 bridgehead atoms. The van der Waals surface area contributed by atoms with Crippen molar-refractivity contribution in [1.29, 1.82) is 0 Å². The Hall–Kier alpha value is -1.59. The summed E-state index contributed by atoms with van der Waals surface area (Å²) in [5, 5.41) is 3.66. The molecule has 122 valence electrons. The maximum Gasteiger partial charge on any atom is 0.270 e. The van der Waals surface area contributed by atoms with Crippen molar-refractivity contribution < 1.29 is 4.79 Å². The summed E-state index contributed by atoms with van der Waals surface area (Å²) in [6, 6.07) is 9.60. The number of nitrogens with zero attached hydrogens (tertiary/aromatic N) is 2. The average molecular weight is 350 g/mol. The largest absolute Gasteiger partial charge is 0.351 e. The Bertz CT molecular complexity index is 641. The number of hydrogen-bond donors (Lipinski definition) is 1. The van der Waals surface area contributed by atoms with Gasteiger partial charge in [-0.25, -0.2) is 9.97 Å². The van der Waals surface area contributed by atoms with E-state index >= 15 is 0 Å². The van der Waals surface area contributed by atoms with Crippen LogP contribution in [0.2, 0.25) is 5.02 Å². The van der Waals surface area contributed by atoms with Gasteiger partial charge in [-0.15, -0.1) is 0 Å². The molecule has 0 atom stereocenters. The van der Waals surface area contributed by atoms with Crippen LogP contribution >= 0.6 is 23.4 Å². The van der Waals surface area contributed by atoms with Gasteiger partial charge in [-0.05, 0) is 49.8 Å². The normalized spacial score (nSPS) is 10.6. The van der Waals surface area contributed by atoms with E-state index in [1.807, 2.05) is 43.0 Å². The molecule has 1 aromatic heterocycles. The number of hydrogen-bond acceptors (Lipinski definition) is 4. The molecular formula is C17H20ClN3OS. The monoisotopic (exact) mass is 349 g/mol. The van der Waals surface area contributed by atoms with Gasteiger partial charge >= 0.3 is 0 Å². The summed E-state index contributed by atoms with van der Waals surface area (Å²) in [6.45, 7) is 4.30. The molecule has 1 heterocycles. The molecule has 0 aliphatic rings. The van der Waals surface area contributed by atoms with Gasteiger partial charge in [0.2, 0.25) is 0 Å². The lowest BCUT2D eigenvalue weighted by atomic mass is 10.2. The number of halogens is 1. The molecule has 4 nitrogen and oxygen atoms in total. The highest BCUT2D eigenvalue weighted by molar-refractivity contribution is 7.98. The van der Waals surface area contributed by atoms with E-state index < -0.39 is 0 Å². The van der Waals surface area contributed by atoms with Crippen LogP contribution in [0.4, 0.5) is 0 Å². The second kappa shape index (κ2) is 8.89. The molecule has 6 heteroatoms. The van der Waals surface area contributed by atoms with E-state index in [4.69, 9.17) is 11.6 Å². The van der Waals surface area contributed by atoms with Crippen molar-refractivity contribution in [3.05, 3.63) is 58.1 Å². The van der Waals surface area contributed by atoms with Crippen LogP contribution in [0.25, 0.3) is 0 Å². The highest BCUT2D eigenvalue weighted by Crippen LogP contribution is 2.15. The molecule has 0 radical (unpaired) electrons. The van der Waals surface area contributed by atoms with Gasteiger partial charge in [0.15, 0.2) is 0 Å². The van der Waals surface area contributed by atoms with Crippen LogP contribution in [0.15, 0.2) is 30.3 Å². The summed E-state index contributed by atoms with van der Waals surface area (Å²) in [5.41, 5.74) is 2.50. The molecule has 2 rings (SSSR count). The Labute approximate surface area is 146 Å². The van der Waals surface area contributed by atoms with Gasteiger partial charge in [-0.1, -0.05) is 23.7 Å². The zero-order valence-corrected chi connectivity index (χ0v) is 14.9. The van der Waals surface area contributed by atoms with Crippen LogP contribution in [-0.4, -0.2) is 28.2 Å². The summed E-state index contributed by atoms with van der Waals surface area (Å²) in [4.78, 5) is 20.3. The molecule has 0 saturated carbocycles. The third-order valence-electron chi connectivity index (χ3n) is 3.13. The van der Waals surface area contributed by atoms with Crippen molar-refractivity contribution in [1.82, 2.24) is 15.3 Å². The van der Waals surface area contributed by atoms with Crippen LogP contribution < -0.4 is 5.32 Å². The lowest BCUT2D eigenvalue weighted by Crippen LogP contribution is -2.26. The smallest absolute Gasteiger partial charge is 0.270 e. The Kier molecular flexibility index (Phi) is 6.86. The number of rotatable bonds is 7. The predicted molar refractivity (Wildman–Crippen MR) is 96.1 cm³/mol. The summed E-state index contributed by atoms with van der Waals surface area (Å²) in [7, 11) is 0. The highest BCUT2D eigenvalue weighted by Gasteiger charge is 2.08. The minimum absolute atomic E-state index is 0.138. The maximum atomic E-state index is 12.0. The summed E-state index contributed by atoms with van der Waals surface area (Å²) < 4.78 is 0. The Morgan fingerprint density at radius 1 is 1.22 bits per heavy atom. The van der Waals surface area contributed by atoms with Crippen LogP contribution in [-0.2, 0) is 5.75 Å². The first-order valence-corrected chi connectivity index (χ1v) is 9.00. The number of carbonyl (C=O) groups is 1. The molecular weight excluding hydrogens is 330 g/mol. The van der Waals surface area contributed by atoms with E-state index in [1.165, 1.54) is 5.56 Å². The number of benzene rings is 1. The van der Waals surface area contributed by atoms with Crippen LogP contribution in [0.3, 0.4) is 0 Å². The van der Waals surface area contributed by atoms with Crippen LogP contribution in [0.1, 0.15) is 34.0 Å². The fraction of sp³-hybridized carbons (Fsp3) is 0.353. The molecule has 0 spiro atoms. The number of amides is 1. The van der Waals surface area contributed by atoms with Gasteiger partial charge < -0.3 is 5.32 Å². The number of aryl methyl sites for hydroxylation is 2. The number of carbonyl (C=O) groups excluding carboxylic acids is 1. The Morgan fingerprint density at radius 3 is 2.65 bits per heavy atom. The van der Waals surface area contributed by atoms with E-state index in [9.17, 15) is 4.79 Å². The minimum Gasteiger partial charge on any atom is -0.351 e. The van der Waals surface area contributed by atoms with Crippen molar-refractivity contribution in [2.45, 2.75) is 26.0 Å². The van der Waals surface area contributed by atoms with Gasteiger partial charge in [0.1, 0.15) is 11.5 Å². The van der Waals surface area contributed by atoms with Gasteiger partial charge in [0.25, 0.3) is 5.91 Å². The Balaban J connectivity index is 1.65. The van der Waals surface area contributed by atoms with Crippen molar-refractivity contribution >= 4 is 29.3 Å². The number of aromatic nitrogens is 2. The molecule has 1 amide bonds. The van der Waals surface area contributed by atoms with Crippen LogP contribution in [0, 0.1) is 13.8 Å². The first-order valence-electron chi connectivity index (χ1n) is 7.47. The first kappa shape index (κ1) is 17.8. The lowest BCUT2D eigenvalue weighted by Gasteiger charge is -2.06. The van der Waals surface area contributed by atoms with Gasteiger partial charge in [-0.2, -0.15) is 11.8 Å². The van der Waals surface area contributed by atoms with Crippen molar-refractivity contribution in [3.63, 3.8) is 0 Å². The van der Waals surface area contributed by atoms with Crippen LogP contribution in [0.5, 0.6) is 0 Å². The second-order valence-corrected chi connectivity index (χ2v) is 6.77. The molecule has 0 aliphatic carbocycles. The van der Waals surface area contributed by atoms with Crippen molar-refractivity contribution in [2.24, 2.45) is 0 Å². The standard InChI is InChI=1S/C17H20ClN3OS/c1-12-10-16(21-13(2)20-12)17(22)19-8-3-9-23-11-14-4-6-15(18)7-5-14/h4-7,10H,3,8-9,11H2,1-2H3,(H,19,22). The van der Waals surface area contributed by atoms with Gasteiger partial charge in [0, 0.05) is 23.0 Å². The summed E-state index contributed by atoms with van der Waals surface area (Å²) in [6.07, 6.45) is 0.924. The second-order valence-electron chi connectivity index (χ2n) is 5.23. The van der Waals surface area contributed by atoms with Gasteiger partial charge in [-0.3, -0.25) is 4.79 Å². The highest BCUT2D eigenvalue weighted by atomic mass is 35.5. The van der Waals surface area contributed by atoms with Crippen molar-refractivity contribution in [3.8, 4) is 0 Å². The zero-order chi connectivity index (χ0) is 16.7. The molecule has 23 heavy (non-hydrogen) atoms. The van der Waals surface area contributed by atoms with Gasteiger partial charge in [0.05, 0.1) is 0 Å². The molecule has 2 aromatic rings. The third kappa shape index (κ3) is 6.20. The summed E-state index contributed by atoms with van der Waals surface area (Å²) >= 11 is 7.70. The molecule has 0 aliphatic heterocycles. The van der Waals surface area contributed by atoms with E-state index in [-0.39, 0.29) is 5.91 Å². The molecule has 1 N–H and O–H groups in total. The molecule has 0 fully saturated rings. The first-order chi connectivity index (χ1) is 11.0. The lowest BCUT2D eigenvalue weighted by molar-refractivity contribution is 0.0948.